The first-order chi connectivity index (χ1) is 11.4. The van der Waals surface area contributed by atoms with Crippen LogP contribution in [0.4, 0.5) is 5.69 Å². The molecule has 0 aliphatic rings. The third-order valence-corrected chi connectivity index (χ3v) is 3.46. The molecule has 24 heavy (non-hydrogen) atoms. The van der Waals surface area contributed by atoms with Crippen molar-refractivity contribution in [3.8, 4) is 0 Å². The molecule has 0 aliphatic carbocycles. The maximum Gasteiger partial charge on any atom is 0.339 e. The second-order valence-corrected chi connectivity index (χ2v) is 5.28. The smallest absolute Gasteiger partial charge is 0.339 e. The van der Waals surface area contributed by atoms with Crippen LogP contribution in [0.1, 0.15) is 27.6 Å². The van der Waals surface area contributed by atoms with Gasteiger partial charge in [-0.05, 0) is 31.2 Å². The highest BCUT2D eigenvalue weighted by Gasteiger charge is 2.22. The highest BCUT2D eigenvalue weighted by Crippen LogP contribution is 2.24. The number of aromatic carboxylic acids is 1. The Labute approximate surface area is 143 Å². The summed E-state index contributed by atoms with van der Waals surface area (Å²) < 4.78 is 5.07. The molecule has 124 valence electrons. The summed E-state index contributed by atoms with van der Waals surface area (Å²) in [4.78, 5) is 35.3. The predicted octanol–water partition coefficient (Wildman–Crippen LogP) is 3.22. The average molecular weight is 348 g/mol. The van der Waals surface area contributed by atoms with E-state index in [1.165, 1.54) is 25.1 Å². The van der Waals surface area contributed by atoms with Crippen LogP contribution in [0, 0.1) is 0 Å². The van der Waals surface area contributed by atoms with Crippen molar-refractivity contribution < 1.29 is 24.2 Å². The van der Waals surface area contributed by atoms with Gasteiger partial charge in [-0.2, -0.15) is 0 Å². The summed E-state index contributed by atoms with van der Waals surface area (Å²) in [5.74, 6) is -2.59. The average Bonchev–Trinajstić information content (AvgIpc) is 2.55. The van der Waals surface area contributed by atoms with E-state index in [0.29, 0.717) is 5.56 Å². The van der Waals surface area contributed by atoms with Crippen LogP contribution >= 0.6 is 11.6 Å². The summed E-state index contributed by atoms with van der Waals surface area (Å²) in [5, 5.41) is 11.6. The SMILES string of the molecule is C[C@@H](OC(=O)c1ccccc1)C(=O)Nc1cccc(Cl)c1C(=O)O. The molecular weight excluding hydrogens is 334 g/mol. The predicted molar refractivity (Wildman–Crippen MR) is 88.4 cm³/mol. The first kappa shape index (κ1) is 17.5. The van der Waals surface area contributed by atoms with Gasteiger partial charge in [-0.15, -0.1) is 0 Å². The third-order valence-electron chi connectivity index (χ3n) is 3.15. The topological polar surface area (TPSA) is 92.7 Å². The van der Waals surface area contributed by atoms with Crippen LogP contribution in [-0.2, 0) is 9.53 Å². The van der Waals surface area contributed by atoms with Gasteiger partial charge in [-0.25, -0.2) is 9.59 Å². The molecular formula is C17H14ClNO5. The maximum absolute atomic E-state index is 12.1. The lowest BCUT2D eigenvalue weighted by molar-refractivity contribution is -0.123. The molecule has 0 aliphatic heterocycles. The fraction of sp³-hybridized carbons (Fsp3) is 0.118. The Morgan fingerprint density at radius 3 is 2.38 bits per heavy atom. The Kier molecular flexibility index (Phi) is 5.55. The number of carbonyl (C=O) groups excluding carboxylic acids is 2. The number of esters is 1. The van der Waals surface area contributed by atoms with Gasteiger partial charge in [0.15, 0.2) is 6.10 Å². The second kappa shape index (κ2) is 7.61. The van der Waals surface area contributed by atoms with Gasteiger partial charge in [-0.1, -0.05) is 35.9 Å². The number of ether oxygens (including phenoxy) is 1. The van der Waals surface area contributed by atoms with Gasteiger partial charge in [-0.3, -0.25) is 4.79 Å². The Balaban J connectivity index is 2.09. The standard InChI is InChI=1S/C17H14ClNO5/c1-10(24-17(23)11-6-3-2-4-7-11)15(20)19-13-9-5-8-12(18)14(13)16(21)22/h2-10H,1H3,(H,19,20)(H,21,22)/t10-/m1/s1. The zero-order valence-electron chi connectivity index (χ0n) is 12.7. The van der Waals surface area contributed by atoms with Crippen LogP contribution in [0.3, 0.4) is 0 Å². The number of hydrogen-bond donors (Lipinski definition) is 2. The van der Waals surface area contributed by atoms with Crippen molar-refractivity contribution in [3.05, 3.63) is 64.7 Å². The molecule has 2 rings (SSSR count). The van der Waals surface area contributed by atoms with E-state index in [0.717, 1.165) is 0 Å². The molecule has 0 fully saturated rings. The van der Waals surface area contributed by atoms with Gasteiger partial charge in [0.25, 0.3) is 5.91 Å². The van der Waals surface area contributed by atoms with E-state index >= 15 is 0 Å². The maximum atomic E-state index is 12.1. The number of amides is 1. The number of hydrogen-bond acceptors (Lipinski definition) is 4. The summed E-state index contributed by atoms with van der Waals surface area (Å²) in [5.41, 5.74) is 0.114. The van der Waals surface area contributed by atoms with Gasteiger partial charge < -0.3 is 15.2 Å². The molecule has 7 heteroatoms. The minimum absolute atomic E-state index is 0.00534. The Bertz CT molecular complexity index is 776. The summed E-state index contributed by atoms with van der Waals surface area (Å²) in [7, 11) is 0. The lowest BCUT2D eigenvalue weighted by atomic mass is 10.1. The third kappa shape index (κ3) is 4.11. The Morgan fingerprint density at radius 2 is 1.75 bits per heavy atom. The van der Waals surface area contributed by atoms with Crippen molar-refractivity contribution in [1.82, 2.24) is 0 Å². The Morgan fingerprint density at radius 1 is 1.08 bits per heavy atom. The zero-order valence-corrected chi connectivity index (χ0v) is 13.4. The molecule has 0 spiro atoms. The lowest BCUT2D eigenvalue weighted by Crippen LogP contribution is -2.30. The molecule has 0 aromatic heterocycles. The van der Waals surface area contributed by atoms with Gasteiger partial charge in [0.1, 0.15) is 5.56 Å². The molecule has 0 bridgehead atoms. The van der Waals surface area contributed by atoms with E-state index in [1.54, 1.807) is 30.3 Å². The summed E-state index contributed by atoms with van der Waals surface area (Å²) in [6, 6.07) is 12.5. The molecule has 2 aromatic carbocycles. The number of carbonyl (C=O) groups is 3. The molecule has 6 nitrogen and oxygen atoms in total. The summed E-state index contributed by atoms with van der Waals surface area (Å²) >= 11 is 5.83. The van der Waals surface area contributed by atoms with Crippen LogP contribution in [0.15, 0.2) is 48.5 Å². The molecule has 0 saturated heterocycles. The number of carboxylic acid groups (broad SMARTS) is 1. The van der Waals surface area contributed by atoms with Crippen molar-refractivity contribution in [2.75, 3.05) is 5.32 Å². The van der Waals surface area contributed by atoms with E-state index in [2.05, 4.69) is 5.32 Å². The van der Waals surface area contributed by atoms with Gasteiger partial charge in [0.05, 0.1) is 16.3 Å². The van der Waals surface area contributed by atoms with Crippen LogP contribution < -0.4 is 5.32 Å². The first-order valence-corrected chi connectivity index (χ1v) is 7.36. The van der Waals surface area contributed by atoms with Gasteiger partial charge >= 0.3 is 11.9 Å². The van der Waals surface area contributed by atoms with Crippen molar-refractivity contribution in [3.63, 3.8) is 0 Å². The van der Waals surface area contributed by atoms with E-state index in [4.69, 9.17) is 16.3 Å². The van der Waals surface area contributed by atoms with E-state index < -0.39 is 23.9 Å². The van der Waals surface area contributed by atoms with Crippen LogP contribution in [0.25, 0.3) is 0 Å². The zero-order chi connectivity index (χ0) is 17.7. The van der Waals surface area contributed by atoms with E-state index in [-0.39, 0.29) is 16.3 Å². The molecule has 1 atom stereocenters. The van der Waals surface area contributed by atoms with Crippen LogP contribution in [0.2, 0.25) is 5.02 Å². The quantitative estimate of drug-likeness (QED) is 0.810. The van der Waals surface area contributed by atoms with Crippen LogP contribution in [-0.4, -0.2) is 29.1 Å². The fourth-order valence-corrected chi connectivity index (χ4v) is 2.19. The van der Waals surface area contributed by atoms with Crippen molar-refractivity contribution >= 4 is 35.1 Å². The van der Waals surface area contributed by atoms with Gasteiger partial charge in [0.2, 0.25) is 0 Å². The molecule has 2 aromatic rings. The number of benzene rings is 2. The number of nitrogens with one attached hydrogen (secondary N) is 1. The highest BCUT2D eigenvalue weighted by atomic mass is 35.5. The second-order valence-electron chi connectivity index (χ2n) is 4.87. The summed E-state index contributed by atoms with van der Waals surface area (Å²) in [6.45, 7) is 1.39. The van der Waals surface area contributed by atoms with E-state index in [9.17, 15) is 19.5 Å². The van der Waals surface area contributed by atoms with Crippen molar-refractivity contribution in [2.24, 2.45) is 0 Å². The largest absolute Gasteiger partial charge is 0.478 e. The number of halogens is 1. The van der Waals surface area contributed by atoms with Crippen molar-refractivity contribution in [1.29, 1.82) is 0 Å². The summed E-state index contributed by atoms with van der Waals surface area (Å²) in [6.07, 6.45) is -1.11. The molecule has 0 unspecified atom stereocenters. The molecule has 0 radical (unpaired) electrons. The minimum Gasteiger partial charge on any atom is -0.478 e. The normalized spacial score (nSPS) is 11.4. The highest BCUT2D eigenvalue weighted by molar-refractivity contribution is 6.34. The minimum atomic E-state index is -1.27. The molecule has 0 saturated carbocycles. The Hall–Kier alpha value is -2.86. The number of carboxylic acids is 1. The monoisotopic (exact) mass is 347 g/mol. The molecule has 0 heterocycles. The van der Waals surface area contributed by atoms with Crippen molar-refractivity contribution in [2.45, 2.75) is 13.0 Å². The number of rotatable bonds is 5. The molecule has 2 N–H and O–H groups in total. The van der Waals surface area contributed by atoms with Gasteiger partial charge in [0, 0.05) is 0 Å². The van der Waals surface area contributed by atoms with E-state index in [1.807, 2.05) is 0 Å². The number of anilines is 1. The fourth-order valence-electron chi connectivity index (χ4n) is 1.94. The van der Waals surface area contributed by atoms with Crippen LogP contribution in [0.5, 0.6) is 0 Å². The lowest BCUT2D eigenvalue weighted by Gasteiger charge is -2.15. The molecule has 1 amide bonds. The first-order valence-electron chi connectivity index (χ1n) is 6.99.